The number of ether oxygens (including phenoxy) is 1. The summed E-state index contributed by atoms with van der Waals surface area (Å²) in [7, 11) is -2.11. The van der Waals surface area contributed by atoms with Gasteiger partial charge in [-0.15, -0.1) is 0 Å². The molecule has 392 valence electrons. The second-order valence-electron chi connectivity index (χ2n) is 22.3. The molecule has 3 saturated carbocycles. The van der Waals surface area contributed by atoms with Gasteiger partial charge >= 0.3 is 5.97 Å². The van der Waals surface area contributed by atoms with E-state index >= 15 is 0 Å². The highest BCUT2D eigenvalue weighted by Gasteiger charge is 2.58. The van der Waals surface area contributed by atoms with Crippen LogP contribution in [0.4, 0.5) is 0 Å². The monoisotopic (exact) mass is 1020 g/mol. The Morgan fingerprint density at radius 1 is 0.822 bits per heavy atom. The lowest BCUT2D eigenvalue weighted by Crippen LogP contribution is -2.50. The smallest absolute Gasteiger partial charge is 0.345 e. The maximum atomic E-state index is 14.2. The Balaban J connectivity index is 0.814. The Bertz CT molecular complexity index is 2850. The van der Waals surface area contributed by atoms with Crippen LogP contribution in [-0.4, -0.2) is 98.9 Å². The molecule has 4 aliphatic rings. The van der Waals surface area contributed by atoms with Crippen LogP contribution in [0.2, 0.25) is 0 Å². The van der Waals surface area contributed by atoms with Gasteiger partial charge < -0.3 is 24.7 Å². The number of rotatable bonds is 21. The van der Waals surface area contributed by atoms with Crippen molar-refractivity contribution in [2.24, 2.45) is 33.7 Å². The van der Waals surface area contributed by atoms with Crippen LogP contribution in [0.5, 0.6) is 5.75 Å². The molecule has 3 N–H and O–H groups in total. The van der Waals surface area contributed by atoms with Crippen LogP contribution in [0.25, 0.3) is 21.8 Å². The van der Waals surface area contributed by atoms with E-state index in [1.807, 2.05) is 75.5 Å². The van der Waals surface area contributed by atoms with E-state index in [4.69, 9.17) is 9.57 Å². The highest BCUT2D eigenvalue weighted by Crippen LogP contribution is 2.64. The molecule has 0 saturated heterocycles. The first-order valence-corrected chi connectivity index (χ1v) is 28.4. The molecule has 14 nitrogen and oxygen atoms in total. The molecule has 6 atom stereocenters. The summed E-state index contributed by atoms with van der Waals surface area (Å²) >= 11 is 0. The second kappa shape index (κ2) is 22.5. The lowest BCUT2D eigenvalue weighted by atomic mass is 9.47. The van der Waals surface area contributed by atoms with E-state index in [0.29, 0.717) is 102 Å². The van der Waals surface area contributed by atoms with E-state index in [9.17, 15) is 32.1 Å². The van der Waals surface area contributed by atoms with E-state index < -0.39 is 16.1 Å². The number of fused-ring (bicyclic) bond motifs is 7. The number of quaternary nitrogens is 1. The SMILES string of the molecule is CCCC[n+]1c2ccccc2c(C(=O)Oc2c(C)cc(C(=O)NCCC[N+](C)(CCCNC(=O)CON=C3CCC4C5CCC6=CC(=O)CC[C@]6(C)C5CC[C@]34C)CCCS(=O)(=O)O)cc2C)c2ccccc21. The molecule has 0 aliphatic heterocycles. The number of hydrogen-bond donors (Lipinski definition) is 3. The lowest BCUT2D eigenvalue weighted by molar-refractivity contribution is -0.909. The minimum absolute atomic E-state index is 0.0454. The predicted octanol–water partition coefficient (Wildman–Crippen LogP) is 9.17. The van der Waals surface area contributed by atoms with Crippen LogP contribution in [0.3, 0.4) is 0 Å². The first kappa shape index (κ1) is 53.8. The van der Waals surface area contributed by atoms with E-state index in [0.717, 1.165) is 91.8 Å². The van der Waals surface area contributed by atoms with Crippen molar-refractivity contribution in [3.63, 3.8) is 0 Å². The zero-order valence-corrected chi connectivity index (χ0v) is 44.7. The molecular weight excluding hydrogens is 943 g/mol. The van der Waals surface area contributed by atoms with Gasteiger partial charge in [-0.1, -0.05) is 62.2 Å². The number of carbonyl (C=O) groups is 4. The number of unbranched alkanes of at least 4 members (excludes halogenated alkanes) is 1. The van der Waals surface area contributed by atoms with E-state index in [2.05, 4.69) is 41.1 Å². The van der Waals surface area contributed by atoms with Gasteiger partial charge in [0.05, 0.1) is 54.5 Å². The Morgan fingerprint density at radius 2 is 1.45 bits per heavy atom. The number of nitrogens with zero attached hydrogens (tertiary/aromatic N) is 3. The number of esters is 1. The van der Waals surface area contributed by atoms with Crippen molar-refractivity contribution < 1.29 is 50.8 Å². The van der Waals surface area contributed by atoms with Crippen LogP contribution < -0.4 is 19.9 Å². The number of carbonyl (C=O) groups excluding carboxylic acids is 4. The molecule has 1 heterocycles. The molecule has 0 spiro atoms. The molecule has 8 rings (SSSR count). The molecule has 73 heavy (non-hydrogen) atoms. The topological polar surface area (TPSA) is 181 Å². The maximum Gasteiger partial charge on any atom is 0.345 e. The summed E-state index contributed by atoms with van der Waals surface area (Å²) in [5, 5.41) is 12.2. The lowest BCUT2D eigenvalue weighted by Gasteiger charge is -2.57. The molecule has 3 aromatic carbocycles. The quantitative estimate of drug-likeness (QED) is 0.0107. The Labute approximate surface area is 431 Å². The van der Waals surface area contributed by atoms with Gasteiger partial charge in [0.2, 0.25) is 11.0 Å². The van der Waals surface area contributed by atoms with Gasteiger partial charge in [0.25, 0.3) is 21.9 Å². The third kappa shape index (κ3) is 11.9. The molecule has 3 fully saturated rings. The summed E-state index contributed by atoms with van der Waals surface area (Å²) in [5.74, 6) is 1.07. The van der Waals surface area contributed by atoms with Gasteiger partial charge in [-0.05, 0) is 123 Å². The van der Waals surface area contributed by atoms with Gasteiger partial charge in [0.1, 0.15) is 12.3 Å². The fraction of sp³-hybridized carbons (Fsp3) is 0.552. The average molecular weight is 1020 g/mol. The van der Waals surface area contributed by atoms with Crippen molar-refractivity contribution in [1.29, 1.82) is 0 Å². The molecule has 1 aromatic heterocycles. The summed E-state index contributed by atoms with van der Waals surface area (Å²) in [6.45, 7) is 13.7. The second-order valence-corrected chi connectivity index (χ2v) is 23.8. The van der Waals surface area contributed by atoms with Gasteiger partial charge in [-0.2, -0.15) is 13.0 Å². The number of benzene rings is 3. The first-order chi connectivity index (χ1) is 34.8. The van der Waals surface area contributed by atoms with Gasteiger partial charge in [-0.3, -0.25) is 18.9 Å². The van der Waals surface area contributed by atoms with E-state index in [1.54, 1.807) is 12.1 Å². The molecule has 0 radical (unpaired) electrons. The summed E-state index contributed by atoms with van der Waals surface area (Å²) in [4.78, 5) is 58.6. The first-order valence-electron chi connectivity index (χ1n) is 26.8. The van der Waals surface area contributed by atoms with Crippen LogP contribution in [-0.2, 0) is 31.1 Å². The fourth-order valence-corrected chi connectivity index (χ4v) is 13.9. The molecule has 4 aromatic rings. The largest absolute Gasteiger partial charge is 0.422 e. The van der Waals surface area contributed by atoms with Crippen molar-refractivity contribution in [2.75, 3.05) is 52.1 Å². The maximum absolute atomic E-state index is 14.2. The standard InChI is InChI=1S/C58H75N5O9S/c1-7-8-30-62-49-18-11-9-16-45(49)53(46-17-10-12-19-50(46)62)56(67)72-54-39(2)35-41(36-40(54)3)55(66)60-29-14-32-63(6,33-15-34-73(68,69)70)31-13-28-59-52(65)38-71-61-51-23-22-47-44-21-20-42-37-43(64)24-26-57(42,4)48(44)25-27-58(47,51)5/h9-12,16-19,35-37,44,47-48H,7-8,13-15,20-34,38H2,1-6H3,(H-2,59,60,65,66,68,69,70)/p+2/t44?,47?,48?,57-,58-,63?/m0/s1. The molecule has 4 unspecified atom stereocenters. The van der Waals surface area contributed by atoms with E-state index in [1.165, 1.54) is 5.57 Å². The van der Waals surface area contributed by atoms with Crippen molar-refractivity contribution in [3.8, 4) is 5.75 Å². The Hall–Kier alpha value is -5.51. The van der Waals surface area contributed by atoms with Crippen molar-refractivity contribution in [3.05, 3.63) is 94.6 Å². The number of oxime groups is 1. The van der Waals surface area contributed by atoms with Crippen LogP contribution in [0, 0.1) is 42.4 Å². The number of pyridine rings is 1. The Kier molecular flexibility index (Phi) is 16.6. The number of aromatic nitrogens is 1. The number of aryl methyl sites for hydroxylation is 3. The number of para-hydroxylation sites is 2. The highest BCUT2D eigenvalue weighted by atomic mass is 32.2. The number of allylic oxidation sites excluding steroid dienone is 1. The average Bonchev–Trinajstić information content (AvgIpc) is 3.69. The minimum Gasteiger partial charge on any atom is -0.422 e. The third-order valence-corrected chi connectivity index (χ3v) is 18.1. The summed E-state index contributed by atoms with van der Waals surface area (Å²) < 4.78 is 41.6. The number of ketones is 1. The molecule has 2 amide bonds. The summed E-state index contributed by atoms with van der Waals surface area (Å²) in [6.07, 6.45) is 13.3. The van der Waals surface area contributed by atoms with Gasteiger partial charge in [0, 0.05) is 68.3 Å². The van der Waals surface area contributed by atoms with E-state index in [-0.39, 0.29) is 47.2 Å². The zero-order valence-electron chi connectivity index (χ0n) is 43.9. The number of amides is 2. The molecule has 4 aliphatic carbocycles. The zero-order chi connectivity index (χ0) is 52.1. The summed E-state index contributed by atoms with van der Waals surface area (Å²) in [6, 6.07) is 19.3. The van der Waals surface area contributed by atoms with Gasteiger partial charge in [-0.25, -0.2) is 4.79 Å². The Morgan fingerprint density at radius 3 is 2.11 bits per heavy atom. The predicted molar refractivity (Wildman–Crippen MR) is 284 cm³/mol. The molecule has 15 heteroatoms. The van der Waals surface area contributed by atoms with Crippen LogP contribution >= 0.6 is 0 Å². The highest BCUT2D eigenvalue weighted by molar-refractivity contribution is 7.85. The fourth-order valence-electron chi connectivity index (χ4n) is 13.4. The van der Waals surface area contributed by atoms with Crippen molar-refractivity contribution >= 4 is 61.2 Å². The molecule has 0 bridgehead atoms. The number of nitrogens with one attached hydrogen (secondary N) is 2. The van der Waals surface area contributed by atoms with Crippen molar-refractivity contribution in [2.45, 2.75) is 125 Å². The summed E-state index contributed by atoms with van der Waals surface area (Å²) in [5.41, 5.74) is 6.68. The number of hydrogen-bond acceptors (Lipinski definition) is 9. The van der Waals surface area contributed by atoms with Gasteiger partial charge in [0.15, 0.2) is 12.4 Å². The molecular formula is C58H77N5O9S+2. The minimum atomic E-state index is -4.13. The third-order valence-electron chi connectivity index (χ3n) is 17.3. The van der Waals surface area contributed by atoms with Crippen molar-refractivity contribution in [1.82, 2.24) is 10.6 Å². The van der Waals surface area contributed by atoms with Crippen LogP contribution in [0.15, 0.2) is 77.5 Å². The van der Waals surface area contributed by atoms with Crippen LogP contribution in [0.1, 0.15) is 136 Å². The normalized spacial score (nSPS) is 24.0.